The molecule has 0 radical (unpaired) electrons. The highest BCUT2D eigenvalue weighted by molar-refractivity contribution is 5.14. The molecule has 18 heavy (non-hydrogen) atoms. The molecule has 2 atom stereocenters. The van der Waals surface area contributed by atoms with Crippen LogP contribution in [-0.4, -0.2) is 32.2 Å². The molecule has 4 nitrogen and oxygen atoms in total. The number of hydrogen-bond donors (Lipinski definition) is 2. The number of nitrogens with zero attached hydrogens (tertiary/aromatic N) is 2. The van der Waals surface area contributed by atoms with Gasteiger partial charge in [-0.15, -0.1) is 0 Å². The van der Waals surface area contributed by atoms with Crippen molar-refractivity contribution in [2.24, 2.45) is 0 Å². The van der Waals surface area contributed by atoms with Crippen molar-refractivity contribution < 1.29 is 23.4 Å². The highest BCUT2D eigenvalue weighted by Gasteiger charge is 2.38. The molecule has 2 N–H and O–H groups in total. The molecule has 1 aliphatic carbocycles. The van der Waals surface area contributed by atoms with E-state index < -0.39 is 24.1 Å². The lowest BCUT2D eigenvalue weighted by Gasteiger charge is -2.13. The molecule has 102 valence electrons. The van der Waals surface area contributed by atoms with Crippen LogP contribution >= 0.6 is 0 Å². The van der Waals surface area contributed by atoms with Crippen LogP contribution in [0.15, 0.2) is 6.07 Å². The molecule has 2 unspecified atom stereocenters. The van der Waals surface area contributed by atoms with Gasteiger partial charge in [-0.05, 0) is 25.3 Å². The van der Waals surface area contributed by atoms with Crippen LogP contribution in [0.4, 0.5) is 13.2 Å². The minimum absolute atomic E-state index is 0.229. The highest BCUT2D eigenvalue weighted by atomic mass is 19.4. The third kappa shape index (κ3) is 2.37. The number of hydrogen-bond acceptors (Lipinski definition) is 3. The van der Waals surface area contributed by atoms with Gasteiger partial charge < -0.3 is 10.2 Å². The molecule has 2 rings (SSSR count). The van der Waals surface area contributed by atoms with Crippen molar-refractivity contribution >= 4 is 0 Å². The van der Waals surface area contributed by atoms with Crippen LogP contribution in [0.3, 0.4) is 0 Å². The van der Waals surface area contributed by atoms with Crippen molar-refractivity contribution in [3.05, 3.63) is 17.5 Å². The monoisotopic (exact) mass is 264 g/mol. The average molecular weight is 264 g/mol. The molecule has 0 spiro atoms. The Morgan fingerprint density at radius 2 is 1.89 bits per heavy atom. The van der Waals surface area contributed by atoms with E-state index in [9.17, 15) is 23.4 Å². The fourth-order valence-electron chi connectivity index (χ4n) is 2.32. The number of rotatable bonds is 2. The van der Waals surface area contributed by atoms with Gasteiger partial charge in [0.2, 0.25) is 0 Å². The summed E-state index contributed by atoms with van der Waals surface area (Å²) in [4.78, 5) is 0. The minimum Gasteiger partial charge on any atom is -0.390 e. The zero-order valence-electron chi connectivity index (χ0n) is 9.85. The number of alkyl halides is 3. The summed E-state index contributed by atoms with van der Waals surface area (Å²) < 4.78 is 39.0. The summed E-state index contributed by atoms with van der Waals surface area (Å²) in [5.74, 6) is 0. The third-order valence-corrected chi connectivity index (χ3v) is 3.28. The summed E-state index contributed by atoms with van der Waals surface area (Å²) in [5, 5.41) is 22.5. The first-order valence-electron chi connectivity index (χ1n) is 5.84. The Hall–Kier alpha value is -1.08. The Kier molecular flexibility index (Phi) is 3.37. The number of aryl methyl sites for hydroxylation is 1. The largest absolute Gasteiger partial charge is 0.435 e. The fourth-order valence-corrected chi connectivity index (χ4v) is 2.32. The van der Waals surface area contributed by atoms with Gasteiger partial charge in [-0.3, -0.25) is 4.68 Å². The molecular weight excluding hydrogens is 249 g/mol. The van der Waals surface area contributed by atoms with E-state index in [4.69, 9.17) is 0 Å². The maximum absolute atomic E-state index is 12.6. The molecule has 7 heteroatoms. The predicted molar refractivity (Wildman–Crippen MR) is 56.9 cm³/mol. The second-order valence-corrected chi connectivity index (χ2v) is 4.58. The second-order valence-electron chi connectivity index (χ2n) is 4.58. The minimum atomic E-state index is -4.47. The van der Waals surface area contributed by atoms with E-state index in [1.165, 1.54) is 4.68 Å². The first-order valence-corrected chi connectivity index (χ1v) is 5.84. The number of aliphatic hydroxyl groups excluding tert-OH is 2. The summed E-state index contributed by atoms with van der Waals surface area (Å²) >= 11 is 0. The van der Waals surface area contributed by atoms with Crippen molar-refractivity contribution in [1.29, 1.82) is 0 Å². The summed E-state index contributed by atoms with van der Waals surface area (Å²) in [6.07, 6.45) is -5.37. The Morgan fingerprint density at radius 3 is 2.33 bits per heavy atom. The molecule has 1 aromatic rings. The number of aromatic nitrogens is 2. The molecule has 0 bridgehead atoms. The smallest absolute Gasteiger partial charge is 0.390 e. The Morgan fingerprint density at radius 1 is 1.33 bits per heavy atom. The van der Waals surface area contributed by atoms with Gasteiger partial charge >= 0.3 is 6.18 Å². The normalized spacial score (nSPS) is 28.9. The second kappa shape index (κ2) is 4.55. The first-order chi connectivity index (χ1) is 8.32. The van der Waals surface area contributed by atoms with Gasteiger partial charge in [-0.25, -0.2) is 0 Å². The van der Waals surface area contributed by atoms with Gasteiger partial charge in [0.25, 0.3) is 0 Å². The maximum Gasteiger partial charge on any atom is 0.435 e. The lowest BCUT2D eigenvalue weighted by Crippen LogP contribution is -2.17. The summed E-state index contributed by atoms with van der Waals surface area (Å²) in [6.45, 7) is 1.75. The van der Waals surface area contributed by atoms with E-state index >= 15 is 0 Å². The maximum atomic E-state index is 12.6. The van der Waals surface area contributed by atoms with Crippen LogP contribution in [0.5, 0.6) is 0 Å². The molecule has 1 heterocycles. The topological polar surface area (TPSA) is 58.3 Å². The molecule has 0 saturated heterocycles. The van der Waals surface area contributed by atoms with Crippen LogP contribution in [0.1, 0.15) is 37.2 Å². The van der Waals surface area contributed by atoms with E-state index in [2.05, 4.69) is 5.10 Å². The Bertz CT molecular complexity index is 420. The molecule has 1 aromatic heterocycles. The van der Waals surface area contributed by atoms with Crippen LogP contribution in [0.25, 0.3) is 0 Å². The lowest BCUT2D eigenvalue weighted by molar-refractivity contribution is -0.141. The zero-order chi connectivity index (χ0) is 13.5. The SMILES string of the molecule is CCc1cc(C(F)(F)F)nn1C1CC(O)C(O)C1. The Labute approximate surface area is 102 Å². The van der Waals surface area contributed by atoms with Crippen molar-refractivity contribution in [2.45, 2.75) is 50.6 Å². The van der Waals surface area contributed by atoms with E-state index in [1.807, 2.05) is 0 Å². The fraction of sp³-hybridized carbons (Fsp3) is 0.727. The van der Waals surface area contributed by atoms with Gasteiger partial charge in [0.05, 0.1) is 18.2 Å². The first kappa shape index (κ1) is 13.4. The summed E-state index contributed by atoms with van der Waals surface area (Å²) in [7, 11) is 0. The lowest BCUT2D eigenvalue weighted by atomic mass is 10.2. The molecule has 0 aromatic carbocycles. The van der Waals surface area contributed by atoms with Crippen molar-refractivity contribution in [3.8, 4) is 0 Å². The molecule has 1 aliphatic rings. The van der Waals surface area contributed by atoms with E-state index in [0.29, 0.717) is 12.1 Å². The van der Waals surface area contributed by atoms with Gasteiger partial charge in [0.15, 0.2) is 5.69 Å². The Balaban J connectivity index is 2.30. The number of halogens is 3. The van der Waals surface area contributed by atoms with Crippen molar-refractivity contribution in [1.82, 2.24) is 9.78 Å². The van der Waals surface area contributed by atoms with Crippen LogP contribution in [-0.2, 0) is 12.6 Å². The van der Waals surface area contributed by atoms with E-state index in [-0.39, 0.29) is 18.9 Å². The summed E-state index contributed by atoms with van der Waals surface area (Å²) in [5.41, 5.74) is -0.455. The predicted octanol–water partition coefficient (Wildman–Crippen LogP) is 1.52. The van der Waals surface area contributed by atoms with E-state index in [1.54, 1.807) is 6.92 Å². The van der Waals surface area contributed by atoms with Crippen molar-refractivity contribution in [3.63, 3.8) is 0 Å². The molecular formula is C11H15F3N2O2. The average Bonchev–Trinajstić information content (AvgIpc) is 2.82. The van der Waals surface area contributed by atoms with Crippen molar-refractivity contribution in [2.75, 3.05) is 0 Å². The van der Waals surface area contributed by atoms with Gasteiger partial charge in [-0.1, -0.05) is 6.92 Å². The molecule has 1 saturated carbocycles. The summed E-state index contributed by atoms with van der Waals surface area (Å²) in [6, 6.07) is 0.651. The quantitative estimate of drug-likeness (QED) is 0.851. The standard InChI is InChI=1S/C11H15F3N2O2/c1-2-6-5-10(11(12,13)14)15-16(6)7-3-8(17)9(18)4-7/h5,7-9,17-18H,2-4H2,1H3. The van der Waals surface area contributed by atoms with Crippen LogP contribution in [0.2, 0.25) is 0 Å². The van der Waals surface area contributed by atoms with Crippen LogP contribution < -0.4 is 0 Å². The van der Waals surface area contributed by atoms with Gasteiger partial charge in [0, 0.05) is 5.69 Å². The zero-order valence-corrected chi connectivity index (χ0v) is 9.85. The molecule has 0 amide bonds. The van der Waals surface area contributed by atoms with Crippen LogP contribution in [0, 0.1) is 0 Å². The molecule has 1 fully saturated rings. The number of aliphatic hydroxyl groups is 2. The highest BCUT2D eigenvalue weighted by Crippen LogP contribution is 2.34. The molecule has 0 aliphatic heterocycles. The van der Waals surface area contributed by atoms with Gasteiger partial charge in [0.1, 0.15) is 0 Å². The third-order valence-electron chi connectivity index (χ3n) is 3.28. The van der Waals surface area contributed by atoms with Gasteiger partial charge in [-0.2, -0.15) is 18.3 Å². The van der Waals surface area contributed by atoms with E-state index in [0.717, 1.165) is 6.07 Å².